The summed E-state index contributed by atoms with van der Waals surface area (Å²) >= 11 is 1.28. The maximum Gasteiger partial charge on any atom is 0.340 e. The second kappa shape index (κ2) is 7.41. The highest BCUT2D eigenvalue weighted by atomic mass is 32.1. The van der Waals surface area contributed by atoms with E-state index in [0.717, 1.165) is 0 Å². The summed E-state index contributed by atoms with van der Waals surface area (Å²) in [5, 5.41) is 14.9. The van der Waals surface area contributed by atoms with Crippen LogP contribution in [0.4, 0.5) is 0 Å². The summed E-state index contributed by atoms with van der Waals surface area (Å²) in [5.74, 6) is -1.17. The number of carboxylic acid groups (broad SMARTS) is 1. The Hall–Kier alpha value is -2.87. The number of carbonyl (C=O) groups excluding carboxylic acids is 1. The van der Waals surface area contributed by atoms with Crippen LogP contribution in [0, 0.1) is 0 Å². The Labute approximate surface area is 136 Å². The number of ether oxygens (including phenoxy) is 2. The lowest BCUT2D eigenvalue weighted by Gasteiger charge is -2.12. The third-order valence-corrected chi connectivity index (χ3v) is 3.78. The minimum atomic E-state index is -1.19. The highest BCUT2D eigenvalue weighted by Crippen LogP contribution is 2.32. The second-order valence-corrected chi connectivity index (χ2v) is 5.19. The Morgan fingerprint density at radius 2 is 2.04 bits per heavy atom. The molecule has 2 rings (SSSR count). The first-order chi connectivity index (χ1) is 11.1. The third kappa shape index (κ3) is 3.67. The molecule has 0 radical (unpaired) electrons. The number of methoxy groups -OCH3 is 2. The number of amides is 1. The molecule has 7 nitrogen and oxygen atoms in total. The fourth-order valence-electron chi connectivity index (χ4n) is 1.89. The van der Waals surface area contributed by atoms with Crippen LogP contribution in [0.15, 0.2) is 34.7 Å². The molecule has 0 aliphatic rings. The molecule has 0 aliphatic carbocycles. The van der Waals surface area contributed by atoms with Crippen molar-refractivity contribution in [1.82, 2.24) is 5.43 Å². The normalized spacial score (nSPS) is 10.5. The van der Waals surface area contributed by atoms with E-state index in [1.165, 1.54) is 37.8 Å². The van der Waals surface area contributed by atoms with Crippen molar-refractivity contribution < 1.29 is 24.2 Å². The molecule has 0 bridgehead atoms. The number of hydrazone groups is 1. The average molecular weight is 334 g/mol. The Morgan fingerprint density at radius 1 is 1.26 bits per heavy atom. The fourth-order valence-corrected chi connectivity index (χ4v) is 2.51. The number of aromatic carboxylic acids is 1. The minimum absolute atomic E-state index is 0.0912. The van der Waals surface area contributed by atoms with Gasteiger partial charge in [0.15, 0.2) is 11.5 Å². The van der Waals surface area contributed by atoms with Crippen molar-refractivity contribution in [2.45, 2.75) is 0 Å². The summed E-state index contributed by atoms with van der Waals surface area (Å²) in [5.41, 5.74) is 2.52. The van der Waals surface area contributed by atoms with Gasteiger partial charge in [0.1, 0.15) is 5.56 Å². The number of thiophene rings is 1. The number of hydrogen-bond acceptors (Lipinski definition) is 6. The van der Waals surface area contributed by atoms with Crippen molar-refractivity contribution in [1.29, 1.82) is 0 Å². The molecular weight excluding hydrogens is 320 g/mol. The van der Waals surface area contributed by atoms with E-state index in [1.807, 2.05) is 0 Å². The van der Waals surface area contributed by atoms with Crippen molar-refractivity contribution in [3.05, 3.63) is 45.6 Å². The number of nitrogens with one attached hydrogen (secondary N) is 1. The van der Waals surface area contributed by atoms with Crippen LogP contribution in [0.2, 0.25) is 0 Å². The maximum atomic E-state index is 11.8. The van der Waals surface area contributed by atoms with Crippen LogP contribution in [0.1, 0.15) is 25.6 Å². The minimum Gasteiger partial charge on any atom is -0.493 e. The van der Waals surface area contributed by atoms with E-state index >= 15 is 0 Å². The van der Waals surface area contributed by atoms with Crippen LogP contribution >= 0.6 is 11.3 Å². The molecule has 0 saturated carbocycles. The highest BCUT2D eigenvalue weighted by Gasteiger charge is 2.20. The maximum absolute atomic E-state index is 11.8. The van der Waals surface area contributed by atoms with E-state index in [2.05, 4.69) is 10.5 Å². The Kier molecular flexibility index (Phi) is 5.32. The lowest BCUT2D eigenvalue weighted by molar-refractivity contribution is 0.0692. The van der Waals surface area contributed by atoms with Gasteiger partial charge in [-0.05, 0) is 23.6 Å². The summed E-state index contributed by atoms with van der Waals surface area (Å²) in [6.45, 7) is 0. The van der Waals surface area contributed by atoms with Gasteiger partial charge in [-0.3, -0.25) is 4.79 Å². The molecule has 23 heavy (non-hydrogen) atoms. The number of hydrogen-bond donors (Lipinski definition) is 2. The Morgan fingerprint density at radius 3 is 2.61 bits per heavy atom. The average Bonchev–Trinajstić information content (AvgIpc) is 3.08. The predicted molar refractivity (Wildman–Crippen MR) is 85.9 cm³/mol. The smallest absolute Gasteiger partial charge is 0.340 e. The molecule has 1 amide bonds. The zero-order chi connectivity index (χ0) is 16.8. The Balaban J connectivity index is 2.27. The van der Waals surface area contributed by atoms with E-state index in [-0.39, 0.29) is 22.8 Å². The first-order valence-corrected chi connectivity index (χ1v) is 7.31. The molecule has 0 unspecified atom stereocenters. The zero-order valence-corrected chi connectivity index (χ0v) is 13.2. The standard InChI is InChI=1S/C15H14N2O5S/c1-21-10-6-5-9(12(15(19)20)13(10)22-2)8-16-17-14(18)11-4-3-7-23-11/h3-8H,1-2H3,(H,17,18)(H,19,20)/b16-8-. The van der Waals surface area contributed by atoms with Gasteiger partial charge in [-0.15, -0.1) is 11.3 Å². The lowest BCUT2D eigenvalue weighted by atomic mass is 10.1. The van der Waals surface area contributed by atoms with Gasteiger partial charge in [0.2, 0.25) is 0 Å². The predicted octanol–water partition coefficient (Wildman–Crippen LogP) is 2.23. The van der Waals surface area contributed by atoms with Gasteiger partial charge in [-0.25, -0.2) is 10.2 Å². The van der Waals surface area contributed by atoms with E-state index in [4.69, 9.17) is 9.47 Å². The molecule has 0 fully saturated rings. The largest absolute Gasteiger partial charge is 0.493 e. The van der Waals surface area contributed by atoms with Gasteiger partial charge < -0.3 is 14.6 Å². The van der Waals surface area contributed by atoms with E-state index < -0.39 is 5.97 Å². The molecule has 120 valence electrons. The SMILES string of the molecule is COc1ccc(/C=N\NC(=O)c2cccs2)c(C(=O)O)c1OC. The summed E-state index contributed by atoms with van der Waals surface area (Å²) in [6, 6.07) is 6.49. The topological polar surface area (TPSA) is 97.2 Å². The fraction of sp³-hybridized carbons (Fsp3) is 0.133. The summed E-state index contributed by atoms with van der Waals surface area (Å²) < 4.78 is 10.2. The highest BCUT2D eigenvalue weighted by molar-refractivity contribution is 7.12. The molecule has 0 saturated heterocycles. The van der Waals surface area contributed by atoms with Crippen molar-refractivity contribution >= 4 is 29.4 Å². The van der Waals surface area contributed by atoms with Gasteiger partial charge in [-0.2, -0.15) is 5.10 Å². The number of carbonyl (C=O) groups is 2. The summed E-state index contributed by atoms with van der Waals surface area (Å²) in [7, 11) is 2.77. The number of nitrogens with zero attached hydrogens (tertiary/aromatic N) is 1. The second-order valence-electron chi connectivity index (χ2n) is 4.25. The first kappa shape index (κ1) is 16.5. The quantitative estimate of drug-likeness (QED) is 0.624. The molecule has 2 aromatic rings. The summed E-state index contributed by atoms with van der Waals surface area (Å²) in [4.78, 5) is 23.7. The molecular formula is C15H14N2O5S. The number of carboxylic acids is 1. The lowest BCUT2D eigenvalue weighted by Crippen LogP contribution is -2.16. The molecule has 0 atom stereocenters. The van der Waals surface area contributed by atoms with E-state index in [0.29, 0.717) is 10.6 Å². The first-order valence-electron chi connectivity index (χ1n) is 6.43. The Bertz CT molecular complexity index is 741. The number of benzene rings is 1. The monoisotopic (exact) mass is 334 g/mol. The van der Waals surface area contributed by atoms with E-state index in [1.54, 1.807) is 23.6 Å². The number of rotatable bonds is 6. The molecule has 2 N–H and O–H groups in total. The zero-order valence-electron chi connectivity index (χ0n) is 12.4. The van der Waals surface area contributed by atoms with Crippen molar-refractivity contribution in [2.24, 2.45) is 5.10 Å². The van der Waals surface area contributed by atoms with Crippen LogP contribution in [0.25, 0.3) is 0 Å². The summed E-state index contributed by atoms with van der Waals surface area (Å²) in [6.07, 6.45) is 1.25. The molecule has 1 aromatic carbocycles. The van der Waals surface area contributed by atoms with Crippen LogP contribution in [-0.2, 0) is 0 Å². The van der Waals surface area contributed by atoms with Gasteiger partial charge >= 0.3 is 5.97 Å². The van der Waals surface area contributed by atoms with Gasteiger partial charge in [0.05, 0.1) is 25.3 Å². The van der Waals surface area contributed by atoms with Crippen LogP contribution in [0.3, 0.4) is 0 Å². The van der Waals surface area contributed by atoms with Crippen LogP contribution in [0.5, 0.6) is 11.5 Å². The van der Waals surface area contributed by atoms with Crippen LogP contribution < -0.4 is 14.9 Å². The van der Waals surface area contributed by atoms with Gasteiger partial charge in [0, 0.05) is 5.56 Å². The molecule has 0 aliphatic heterocycles. The molecule has 1 aromatic heterocycles. The molecule has 8 heteroatoms. The molecule has 1 heterocycles. The van der Waals surface area contributed by atoms with Gasteiger partial charge in [-0.1, -0.05) is 6.07 Å². The van der Waals surface area contributed by atoms with Crippen molar-refractivity contribution in [3.63, 3.8) is 0 Å². The van der Waals surface area contributed by atoms with E-state index in [9.17, 15) is 14.7 Å². The third-order valence-electron chi connectivity index (χ3n) is 2.91. The van der Waals surface area contributed by atoms with Crippen molar-refractivity contribution in [2.75, 3.05) is 14.2 Å². The van der Waals surface area contributed by atoms with Crippen molar-refractivity contribution in [3.8, 4) is 11.5 Å². The van der Waals surface area contributed by atoms with Gasteiger partial charge in [0.25, 0.3) is 5.91 Å². The van der Waals surface area contributed by atoms with Crippen LogP contribution in [-0.4, -0.2) is 37.4 Å². The molecule has 0 spiro atoms.